The Morgan fingerprint density at radius 2 is 1.83 bits per heavy atom. The summed E-state index contributed by atoms with van der Waals surface area (Å²) >= 11 is 0. The molecular formula is C14H20N2O2. The Hall–Kier alpha value is -1.41. The highest BCUT2D eigenvalue weighted by Crippen LogP contribution is 2.15. The molecule has 0 aliphatic carbocycles. The van der Waals surface area contributed by atoms with Crippen molar-refractivity contribution < 1.29 is 10.2 Å². The molecule has 98 valence electrons. The zero-order valence-electron chi connectivity index (χ0n) is 11.0. The second-order valence-electron chi connectivity index (χ2n) is 5.03. The van der Waals surface area contributed by atoms with Crippen LogP contribution in [0.4, 0.5) is 0 Å². The van der Waals surface area contributed by atoms with E-state index in [0.29, 0.717) is 12.1 Å². The standard InChI is InChI=1S/C14H20N2O2/c1-10(17)14(2,3)16-9-13(18)12-6-4-11(8-15)5-7-12/h4-7,10,13,16-18H,9H2,1-3H3. The van der Waals surface area contributed by atoms with Crippen LogP contribution in [0.5, 0.6) is 0 Å². The van der Waals surface area contributed by atoms with Crippen LogP contribution in [0.25, 0.3) is 0 Å². The minimum Gasteiger partial charge on any atom is -0.392 e. The van der Waals surface area contributed by atoms with E-state index >= 15 is 0 Å². The molecule has 1 aromatic carbocycles. The van der Waals surface area contributed by atoms with E-state index in [1.165, 1.54) is 0 Å². The highest BCUT2D eigenvalue weighted by Gasteiger charge is 2.24. The lowest BCUT2D eigenvalue weighted by molar-refractivity contribution is 0.0804. The first-order valence-corrected chi connectivity index (χ1v) is 5.98. The van der Waals surface area contributed by atoms with Crippen molar-refractivity contribution >= 4 is 0 Å². The Balaban J connectivity index is 2.60. The molecule has 4 nitrogen and oxygen atoms in total. The molecule has 1 aromatic rings. The maximum absolute atomic E-state index is 10.0. The van der Waals surface area contributed by atoms with Gasteiger partial charge in [-0.1, -0.05) is 12.1 Å². The lowest BCUT2D eigenvalue weighted by Gasteiger charge is -2.30. The first kappa shape index (κ1) is 14.7. The van der Waals surface area contributed by atoms with Crippen LogP contribution in [0.3, 0.4) is 0 Å². The fraction of sp³-hybridized carbons (Fsp3) is 0.500. The van der Waals surface area contributed by atoms with E-state index in [1.807, 2.05) is 19.9 Å². The smallest absolute Gasteiger partial charge is 0.0991 e. The van der Waals surface area contributed by atoms with Gasteiger partial charge in [-0.3, -0.25) is 0 Å². The third-order valence-corrected chi connectivity index (χ3v) is 3.22. The Morgan fingerprint density at radius 3 is 2.28 bits per heavy atom. The molecule has 3 N–H and O–H groups in total. The molecule has 0 heterocycles. The average Bonchev–Trinajstić information content (AvgIpc) is 2.36. The van der Waals surface area contributed by atoms with Gasteiger partial charge in [0.2, 0.25) is 0 Å². The topological polar surface area (TPSA) is 76.3 Å². The maximum Gasteiger partial charge on any atom is 0.0991 e. The van der Waals surface area contributed by atoms with Gasteiger partial charge in [-0.2, -0.15) is 5.26 Å². The Morgan fingerprint density at radius 1 is 1.28 bits per heavy atom. The summed E-state index contributed by atoms with van der Waals surface area (Å²) in [4.78, 5) is 0. The van der Waals surface area contributed by atoms with E-state index in [-0.39, 0.29) is 0 Å². The summed E-state index contributed by atoms with van der Waals surface area (Å²) in [5.74, 6) is 0. The van der Waals surface area contributed by atoms with Crippen molar-refractivity contribution in [1.82, 2.24) is 5.32 Å². The molecule has 0 amide bonds. The van der Waals surface area contributed by atoms with Gasteiger partial charge in [0.15, 0.2) is 0 Å². The summed E-state index contributed by atoms with van der Waals surface area (Å²) in [6.45, 7) is 5.82. The monoisotopic (exact) mass is 248 g/mol. The minimum atomic E-state index is -0.657. The zero-order chi connectivity index (χ0) is 13.8. The SMILES string of the molecule is CC(O)C(C)(C)NCC(O)c1ccc(C#N)cc1. The van der Waals surface area contributed by atoms with Crippen LogP contribution in [0.2, 0.25) is 0 Å². The van der Waals surface area contributed by atoms with Gasteiger partial charge in [0, 0.05) is 12.1 Å². The fourth-order valence-corrected chi connectivity index (χ4v) is 1.41. The highest BCUT2D eigenvalue weighted by atomic mass is 16.3. The molecule has 18 heavy (non-hydrogen) atoms. The largest absolute Gasteiger partial charge is 0.392 e. The summed E-state index contributed by atoms with van der Waals surface area (Å²) in [5, 5.41) is 31.4. The van der Waals surface area contributed by atoms with Gasteiger partial charge < -0.3 is 15.5 Å². The van der Waals surface area contributed by atoms with Crippen LogP contribution < -0.4 is 5.32 Å². The van der Waals surface area contributed by atoms with Crippen LogP contribution in [0, 0.1) is 11.3 Å². The number of β-amino-alcohol motifs (C(OH)–C–C–N with tert-alkyl or cyclic N) is 1. The molecule has 0 spiro atoms. The molecule has 0 radical (unpaired) electrons. The minimum absolute atomic E-state index is 0.351. The molecule has 0 aliphatic rings. The van der Waals surface area contributed by atoms with Gasteiger partial charge >= 0.3 is 0 Å². The van der Waals surface area contributed by atoms with Gasteiger partial charge in [0.05, 0.1) is 23.8 Å². The number of benzene rings is 1. The van der Waals surface area contributed by atoms with E-state index in [9.17, 15) is 10.2 Å². The number of nitrogens with zero attached hydrogens (tertiary/aromatic N) is 1. The van der Waals surface area contributed by atoms with Crippen LogP contribution in [0.1, 0.15) is 38.0 Å². The third kappa shape index (κ3) is 3.81. The van der Waals surface area contributed by atoms with Crippen LogP contribution in [0.15, 0.2) is 24.3 Å². The van der Waals surface area contributed by atoms with Crippen LogP contribution >= 0.6 is 0 Å². The Labute approximate surface area is 108 Å². The van der Waals surface area contributed by atoms with Crippen molar-refractivity contribution in [3.63, 3.8) is 0 Å². The third-order valence-electron chi connectivity index (χ3n) is 3.22. The summed E-state index contributed by atoms with van der Waals surface area (Å²) in [6.07, 6.45) is -1.17. The average molecular weight is 248 g/mol. The highest BCUT2D eigenvalue weighted by molar-refractivity contribution is 5.32. The van der Waals surface area contributed by atoms with Crippen LogP contribution in [-0.2, 0) is 0 Å². The van der Waals surface area contributed by atoms with Crippen molar-refractivity contribution in [2.24, 2.45) is 0 Å². The van der Waals surface area contributed by atoms with Crippen molar-refractivity contribution in [3.05, 3.63) is 35.4 Å². The number of nitriles is 1. The lowest BCUT2D eigenvalue weighted by Crippen LogP contribution is -2.49. The predicted octanol–water partition coefficient (Wildman–Crippen LogP) is 1.34. The molecule has 2 unspecified atom stereocenters. The number of hydrogen-bond acceptors (Lipinski definition) is 4. The first-order valence-electron chi connectivity index (χ1n) is 5.98. The van der Waals surface area contributed by atoms with Gasteiger partial charge in [-0.05, 0) is 38.5 Å². The quantitative estimate of drug-likeness (QED) is 0.735. The van der Waals surface area contributed by atoms with E-state index in [2.05, 4.69) is 5.32 Å². The van der Waals surface area contributed by atoms with Crippen molar-refractivity contribution in [2.75, 3.05) is 6.54 Å². The van der Waals surface area contributed by atoms with Crippen molar-refractivity contribution in [3.8, 4) is 6.07 Å². The molecule has 0 bridgehead atoms. The van der Waals surface area contributed by atoms with Crippen LogP contribution in [-0.4, -0.2) is 28.4 Å². The second kappa shape index (κ2) is 5.96. The number of rotatable bonds is 5. The molecule has 0 aromatic heterocycles. The maximum atomic E-state index is 10.0. The molecular weight excluding hydrogens is 228 g/mol. The van der Waals surface area contributed by atoms with E-state index in [1.54, 1.807) is 31.2 Å². The molecule has 4 heteroatoms. The summed E-state index contributed by atoms with van der Waals surface area (Å²) < 4.78 is 0. The number of aliphatic hydroxyl groups is 2. The van der Waals surface area contributed by atoms with Gasteiger partial charge in [0.25, 0.3) is 0 Å². The van der Waals surface area contributed by atoms with Gasteiger partial charge in [0.1, 0.15) is 0 Å². The molecule has 0 fully saturated rings. The summed E-state index contributed by atoms with van der Waals surface area (Å²) in [5.41, 5.74) is 0.874. The first-order chi connectivity index (χ1) is 8.36. The molecule has 0 aliphatic heterocycles. The lowest BCUT2D eigenvalue weighted by atomic mass is 9.98. The van der Waals surface area contributed by atoms with E-state index < -0.39 is 17.7 Å². The normalized spacial score (nSPS) is 14.9. The van der Waals surface area contributed by atoms with Gasteiger partial charge in [-0.15, -0.1) is 0 Å². The number of nitrogens with one attached hydrogen (secondary N) is 1. The molecule has 2 atom stereocenters. The van der Waals surface area contributed by atoms with Crippen molar-refractivity contribution in [2.45, 2.75) is 38.5 Å². The Bertz CT molecular complexity index is 418. The summed E-state index contributed by atoms with van der Waals surface area (Å²) in [7, 11) is 0. The predicted molar refractivity (Wildman–Crippen MR) is 69.9 cm³/mol. The molecule has 0 saturated carbocycles. The fourth-order valence-electron chi connectivity index (χ4n) is 1.41. The van der Waals surface area contributed by atoms with Gasteiger partial charge in [-0.25, -0.2) is 0 Å². The van der Waals surface area contributed by atoms with E-state index in [4.69, 9.17) is 5.26 Å². The zero-order valence-corrected chi connectivity index (χ0v) is 11.0. The Kier molecular flexibility index (Phi) is 4.85. The summed E-state index contributed by atoms with van der Waals surface area (Å²) in [6, 6.07) is 8.86. The number of aliphatic hydroxyl groups excluding tert-OH is 2. The number of hydrogen-bond donors (Lipinski definition) is 3. The molecule has 0 saturated heterocycles. The second-order valence-corrected chi connectivity index (χ2v) is 5.03. The van der Waals surface area contributed by atoms with E-state index in [0.717, 1.165) is 5.56 Å². The molecule has 1 rings (SSSR count). The van der Waals surface area contributed by atoms with Crippen molar-refractivity contribution in [1.29, 1.82) is 5.26 Å².